The first-order valence-electron chi connectivity index (χ1n) is 3.69. The summed E-state index contributed by atoms with van der Waals surface area (Å²) in [6.07, 6.45) is 4.57. The van der Waals surface area contributed by atoms with Crippen molar-refractivity contribution in [3.05, 3.63) is 12.4 Å². The molecule has 1 aliphatic rings. The van der Waals surface area contributed by atoms with Crippen LogP contribution in [0, 0.1) is 0 Å². The first kappa shape index (κ1) is 8.80. The zero-order chi connectivity index (χ0) is 9.19. The molecular weight excluding hydrogens is 156 g/mol. The minimum Gasteiger partial charge on any atom is -0.258 e. The maximum absolute atomic E-state index is 11.2. The molecule has 0 spiro atoms. The van der Waals surface area contributed by atoms with Crippen LogP contribution in [0.25, 0.3) is 0 Å². The van der Waals surface area contributed by atoms with Crippen LogP contribution in [0.5, 0.6) is 0 Å². The van der Waals surface area contributed by atoms with Crippen molar-refractivity contribution >= 4 is 18.0 Å². The fraction of sp³-hybridized carbons (Fsp3) is 0.375. The number of amides is 2. The van der Waals surface area contributed by atoms with E-state index in [1.165, 1.54) is 26.2 Å². The summed E-state index contributed by atoms with van der Waals surface area (Å²) in [6.45, 7) is 3.15. The fourth-order valence-corrected chi connectivity index (χ4v) is 1.14. The van der Waals surface area contributed by atoms with E-state index in [9.17, 15) is 9.59 Å². The monoisotopic (exact) mass is 167 g/mol. The lowest BCUT2D eigenvalue weighted by molar-refractivity contribution is -0.713. The predicted molar refractivity (Wildman–Crippen MR) is 44.1 cm³/mol. The third kappa shape index (κ3) is 1.21. The Labute approximate surface area is 70.8 Å². The number of rotatable bonds is 0. The molecule has 4 nitrogen and oxygen atoms in total. The highest BCUT2D eigenvalue weighted by Gasteiger charge is 2.37. The van der Waals surface area contributed by atoms with Crippen LogP contribution >= 0.6 is 0 Å². The van der Waals surface area contributed by atoms with Crippen LogP contribution in [0.3, 0.4) is 0 Å². The Kier molecular flexibility index (Phi) is 2.19. The van der Waals surface area contributed by atoms with Gasteiger partial charge in [0.2, 0.25) is 0 Å². The molecule has 0 saturated carbocycles. The van der Waals surface area contributed by atoms with Gasteiger partial charge < -0.3 is 0 Å². The van der Waals surface area contributed by atoms with Gasteiger partial charge in [-0.15, -0.1) is 0 Å². The molecule has 12 heavy (non-hydrogen) atoms. The number of hydrogen-bond donors (Lipinski definition) is 0. The molecule has 0 atom stereocenters. The summed E-state index contributed by atoms with van der Waals surface area (Å²) in [6, 6.07) is 0. The molecule has 0 aromatic carbocycles. The molecule has 1 rings (SSSR count). The van der Waals surface area contributed by atoms with Gasteiger partial charge >= 0.3 is 11.8 Å². The van der Waals surface area contributed by atoms with Crippen LogP contribution in [0.4, 0.5) is 0 Å². The Bertz CT molecular complexity index is 265. The molecule has 0 N–H and O–H groups in total. The highest BCUT2D eigenvalue weighted by Crippen LogP contribution is 2.12. The summed E-state index contributed by atoms with van der Waals surface area (Å²) < 4.78 is -0.247. The summed E-state index contributed by atoms with van der Waals surface area (Å²) >= 11 is 0. The van der Waals surface area contributed by atoms with E-state index in [0.29, 0.717) is 6.54 Å². The molecule has 0 aromatic rings. The largest absolute Gasteiger partial charge is 0.322 e. The van der Waals surface area contributed by atoms with Crippen molar-refractivity contribution in [2.45, 2.75) is 13.8 Å². The number of carbonyl (C=O) groups excluding carboxylic acids is 2. The lowest BCUT2D eigenvalue weighted by Crippen LogP contribution is -2.52. The van der Waals surface area contributed by atoms with Gasteiger partial charge in [-0.05, 0) is 0 Å². The van der Waals surface area contributed by atoms with E-state index < -0.39 is 0 Å². The second-order valence-electron chi connectivity index (χ2n) is 2.72. The van der Waals surface area contributed by atoms with E-state index >= 15 is 0 Å². The number of carbonyl (C=O) groups is 2. The molecule has 0 aromatic heterocycles. The highest BCUT2D eigenvalue weighted by atomic mass is 16.2. The fourth-order valence-electron chi connectivity index (χ4n) is 1.14. The van der Waals surface area contributed by atoms with E-state index in [1.54, 1.807) is 6.21 Å². The van der Waals surface area contributed by atoms with E-state index in [4.69, 9.17) is 0 Å². The number of nitrogens with zero attached hydrogens (tertiary/aromatic N) is 2. The standard InChI is InChI=1S/C8H11N2O2/c1-7(11)10(8(2)12)5-3-9-4-6-10/h3-5H,6H2,1-2H3/q+1. The quantitative estimate of drug-likeness (QED) is 0.492. The topological polar surface area (TPSA) is 46.5 Å². The number of aliphatic imine (C=N–C) groups is 1. The number of quaternary nitrogens is 1. The molecule has 2 amide bonds. The van der Waals surface area contributed by atoms with Crippen molar-refractivity contribution < 1.29 is 14.1 Å². The molecule has 1 heterocycles. The molecule has 0 unspecified atom stereocenters. The van der Waals surface area contributed by atoms with E-state index in [1.807, 2.05) is 0 Å². The van der Waals surface area contributed by atoms with Gasteiger partial charge in [0.25, 0.3) is 0 Å². The van der Waals surface area contributed by atoms with Crippen LogP contribution in [0.2, 0.25) is 0 Å². The molecule has 0 bridgehead atoms. The van der Waals surface area contributed by atoms with Gasteiger partial charge in [-0.3, -0.25) is 4.99 Å². The van der Waals surface area contributed by atoms with Gasteiger partial charge in [0.1, 0.15) is 12.7 Å². The third-order valence-corrected chi connectivity index (χ3v) is 2.01. The van der Waals surface area contributed by atoms with Gasteiger partial charge in [0, 0.05) is 0 Å². The Balaban J connectivity index is 3.04. The lowest BCUT2D eigenvalue weighted by atomic mass is 10.3. The molecule has 0 aliphatic carbocycles. The SMILES string of the molecule is CC(=O)[N+]1(C(C)=O)C=CN=CC1. The molecule has 0 radical (unpaired) electrons. The van der Waals surface area contributed by atoms with Gasteiger partial charge in [0.15, 0.2) is 0 Å². The average Bonchev–Trinajstić information content (AvgIpc) is 2.05. The third-order valence-electron chi connectivity index (χ3n) is 2.01. The Morgan fingerprint density at radius 2 is 1.92 bits per heavy atom. The summed E-state index contributed by atoms with van der Waals surface area (Å²) in [5.74, 6) is -0.352. The summed E-state index contributed by atoms with van der Waals surface area (Å²) in [4.78, 5) is 26.2. The smallest absolute Gasteiger partial charge is 0.258 e. The minimum absolute atomic E-state index is 0.176. The molecule has 0 saturated heterocycles. The minimum atomic E-state index is -0.247. The maximum atomic E-state index is 11.2. The molecule has 0 fully saturated rings. The maximum Gasteiger partial charge on any atom is 0.322 e. The zero-order valence-corrected chi connectivity index (χ0v) is 7.15. The first-order valence-corrected chi connectivity index (χ1v) is 3.69. The van der Waals surface area contributed by atoms with Gasteiger partial charge in [-0.1, -0.05) is 0 Å². The molecule has 4 heteroatoms. The number of imide groups is 1. The predicted octanol–water partition coefficient (Wildman–Crippen LogP) is 0.452. The van der Waals surface area contributed by atoms with Crippen LogP contribution in [0.15, 0.2) is 17.4 Å². The van der Waals surface area contributed by atoms with Crippen LogP contribution in [-0.2, 0) is 9.59 Å². The normalized spacial score (nSPS) is 19.2. The van der Waals surface area contributed by atoms with Crippen molar-refractivity contribution in [1.29, 1.82) is 0 Å². The highest BCUT2D eigenvalue weighted by molar-refractivity contribution is 5.85. The lowest BCUT2D eigenvalue weighted by Gasteiger charge is -2.26. The van der Waals surface area contributed by atoms with E-state index in [-0.39, 0.29) is 16.3 Å². The molecule has 64 valence electrons. The van der Waals surface area contributed by atoms with Crippen LogP contribution < -0.4 is 0 Å². The second kappa shape index (κ2) is 2.98. The van der Waals surface area contributed by atoms with Gasteiger partial charge in [-0.25, -0.2) is 9.59 Å². The van der Waals surface area contributed by atoms with E-state index in [0.717, 1.165) is 0 Å². The van der Waals surface area contributed by atoms with Crippen molar-refractivity contribution in [1.82, 2.24) is 0 Å². The van der Waals surface area contributed by atoms with Crippen molar-refractivity contribution in [3.8, 4) is 0 Å². The molecule has 1 aliphatic heterocycles. The van der Waals surface area contributed by atoms with Crippen LogP contribution in [0.1, 0.15) is 13.8 Å². The van der Waals surface area contributed by atoms with Gasteiger partial charge in [-0.2, -0.15) is 4.48 Å². The van der Waals surface area contributed by atoms with Crippen LogP contribution in [-0.4, -0.2) is 29.1 Å². The van der Waals surface area contributed by atoms with Crippen molar-refractivity contribution in [2.75, 3.05) is 6.54 Å². The van der Waals surface area contributed by atoms with Crippen molar-refractivity contribution in [3.63, 3.8) is 0 Å². The summed E-state index contributed by atoms with van der Waals surface area (Å²) in [5, 5.41) is 0. The van der Waals surface area contributed by atoms with Crippen molar-refractivity contribution in [2.24, 2.45) is 4.99 Å². The number of hydrogen-bond acceptors (Lipinski definition) is 3. The second-order valence-corrected chi connectivity index (χ2v) is 2.72. The average molecular weight is 167 g/mol. The Morgan fingerprint density at radius 3 is 2.17 bits per heavy atom. The summed E-state index contributed by atoms with van der Waals surface area (Å²) in [7, 11) is 0. The first-order chi connectivity index (χ1) is 5.59. The molecular formula is C8H11N2O2+. The Hall–Kier alpha value is -1.29. The Morgan fingerprint density at radius 1 is 1.33 bits per heavy atom. The summed E-state index contributed by atoms with van der Waals surface area (Å²) in [5.41, 5.74) is 0. The van der Waals surface area contributed by atoms with E-state index in [2.05, 4.69) is 4.99 Å². The zero-order valence-electron chi connectivity index (χ0n) is 7.15. The van der Waals surface area contributed by atoms with Gasteiger partial charge in [0.05, 0.1) is 26.3 Å².